The molecule has 0 radical (unpaired) electrons. The highest BCUT2D eigenvalue weighted by Gasteiger charge is 2.42. The molecule has 3 heteroatoms. The number of halogens is 2. The van der Waals surface area contributed by atoms with E-state index in [-0.39, 0.29) is 5.92 Å². The van der Waals surface area contributed by atoms with Gasteiger partial charge in [-0.25, -0.2) is 0 Å². The van der Waals surface area contributed by atoms with E-state index < -0.39 is 0 Å². The van der Waals surface area contributed by atoms with E-state index in [9.17, 15) is 4.79 Å². The molecule has 0 saturated heterocycles. The molecule has 2 aliphatic rings. The van der Waals surface area contributed by atoms with Gasteiger partial charge in [-0.15, -0.1) is 0 Å². The van der Waals surface area contributed by atoms with Crippen LogP contribution >= 0.6 is 31.9 Å². The van der Waals surface area contributed by atoms with Gasteiger partial charge in [-0.3, -0.25) is 4.79 Å². The van der Waals surface area contributed by atoms with Crippen molar-refractivity contribution >= 4 is 37.6 Å². The highest BCUT2D eigenvalue weighted by atomic mass is 79.9. The largest absolute Gasteiger partial charge is 0.294 e. The molecule has 17 heavy (non-hydrogen) atoms. The maximum Gasteiger partial charge on any atom is 0.166 e. The summed E-state index contributed by atoms with van der Waals surface area (Å²) in [5, 5.41) is 0. The quantitative estimate of drug-likeness (QED) is 0.642. The molecule has 1 saturated carbocycles. The molecule has 0 amide bonds. The Bertz CT molecular complexity index is 457. The lowest BCUT2D eigenvalue weighted by molar-refractivity contribution is 0.0810. The van der Waals surface area contributed by atoms with Crippen molar-refractivity contribution in [3.05, 3.63) is 35.4 Å². The average molecular weight is 358 g/mol. The Kier molecular flexibility index (Phi) is 3.16. The van der Waals surface area contributed by atoms with Crippen LogP contribution in [0.25, 0.3) is 0 Å². The molecule has 3 rings (SSSR count). The van der Waals surface area contributed by atoms with Crippen LogP contribution in [0.2, 0.25) is 0 Å². The molecular weight excluding hydrogens is 344 g/mol. The van der Waals surface area contributed by atoms with Crippen molar-refractivity contribution in [3.8, 4) is 0 Å². The predicted molar refractivity (Wildman–Crippen MR) is 76.1 cm³/mol. The first-order valence-electron chi connectivity index (χ1n) is 6.07. The first kappa shape index (κ1) is 11.9. The van der Waals surface area contributed by atoms with Gasteiger partial charge in [-0.1, -0.05) is 56.1 Å². The molecule has 0 bridgehead atoms. The zero-order valence-electron chi connectivity index (χ0n) is 9.40. The Morgan fingerprint density at radius 2 is 1.76 bits per heavy atom. The smallest absolute Gasteiger partial charge is 0.166 e. The summed E-state index contributed by atoms with van der Waals surface area (Å²) in [6.45, 7) is 0. The Hall–Kier alpha value is -0.150. The van der Waals surface area contributed by atoms with E-state index in [0.29, 0.717) is 21.4 Å². The van der Waals surface area contributed by atoms with Crippen molar-refractivity contribution < 1.29 is 4.79 Å². The summed E-state index contributed by atoms with van der Waals surface area (Å²) in [6, 6.07) is 8.09. The molecule has 90 valence electrons. The van der Waals surface area contributed by atoms with E-state index in [1.807, 2.05) is 18.2 Å². The van der Waals surface area contributed by atoms with Crippen LogP contribution in [0, 0.1) is 11.8 Å². The fraction of sp³-hybridized carbons (Fsp3) is 0.500. The SMILES string of the molecule is O=C1c2ccccc2C[C@H]2C[C@H](Br)[C@@H](Br)C[C@@H]12. The number of alkyl halides is 2. The summed E-state index contributed by atoms with van der Waals surface area (Å²) < 4.78 is 0. The molecule has 0 aromatic heterocycles. The topological polar surface area (TPSA) is 17.1 Å². The fourth-order valence-corrected chi connectivity index (χ4v) is 4.47. The number of carbonyl (C=O) groups excluding carboxylic acids is 1. The van der Waals surface area contributed by atoms with Crippen LogP contribution in [-0.4, -0.2) is 15.4 Å². The molecule has 2 aliphatic carbocycles. The standard InChI is InChI=1S/C14H14Br2O/c15-12-6-9-5-8-3-1-2-4-10(8)14(17)11(9)7-13(12)16/h1-4,9,11-13H,5-7H2/t9-,11+,12-,13-/m0/s1. The molecule has 1 aromatic carbocycles. The van der Waals surface area contributed by atoms with Gasteiger partial charge >= 0.3 is 0 Å². The number of rotatable bonds is 0. The van der Waals surface area contributed by atoms with E-state index in [0.717, 1.165) is 24.8 Å². The van der Waals surface area contributed by atoms with Gasteiger partial charge in [-0.2, -0.15) is 0 Å². The monoisotopic (exact) mass is 356 g/mol. The van der Waals surface area contributed by atoms with Gasteiger partial charge in [-0.05, 0) is 30.7 Å². The zero-order chi connectivity index (χ0) is 12.0. The molecule has 1 aromatic rings. The van der Waals surface area contributed by atoms with Crippen LogP contribution < -0.4 is 0 Å². The summed E-state index contributed by atoms with van der Waals surface area (Å²) in [6.07, 6.45) is 3.13. The lowest BCUT2D eigenvalue weighted by Gasteiger charge is -2.39. The molecule has 1 fully saturated rings. The summed E-state index contributed by atoms with van der Waals surface area (Å²) in [5.74, 6) is 1.11. The first-order valence-corrected chi connectivity index (χ1v) is 7.90. The minimum absolute atomic E-state index is 0.225. The fourth-order valence-electron chi connectivity index (χ4n) is 3.15. The summed E-state index contributed by atoms with van der Waals surface area (Å²) in [4.78, 5) is 13.4. The summed E-state index contributed by atoms with van der Waals surface area (Å²) in [5.41, 5.74) is 2.20. The number of Topliss-reactive ketones (excluding diaryl/α,β-unsaturated/α-hetero) is 1. The van der Waals surface area contributed by atoms with Gasteiger partial charge in [0.1, 0.15) is 0 Å². The molecule has 0 spiro atoms. The number of benzene rings is 1. The van der Waals surface area contributed by atoms with Gasteiger partial charge < -0.3 is 0 Å². The highest BCUT2D eigenvalue weighted by Crippen LogP contribution is 2.43. The molecule has 0 aliphatic heterocycles. The second-order valence-electron chi connectivity index (χ2n) is 5.10. The lowest BCUT2D eigenvalue weighted by atomic mass is 9.68. The Morgan fingerprint density at radius 1 is 1.06 bits per heavy atom. The van der Waals surface area contributed by atoms with Gasteiger partial charge in [0, 0.05) is 21.1 Å². The van der Waals surface area contributed by atoms with E-state index in [4.69, 9.17) is 0 Å². The van der Waals surface area contributed by atoms with Crippen LogP contribution in [0.4, 0.5) is 0 Å². The van der Waals surface area contributed by atoms with Crippen molar-refractivity contribution in [2.45, 2.75) is 28.9 Å². The van der Waals surface area contributed by atoms with Gasteiger partial charge in [0.2, 0.25) is 0 Å². The van der Waals surface area contributed by atoms with E-state index >= 15 is 0 Å². The Balaban J connectivity index is 1.97. The molecule has 1 nitrogen and oxygen atoms in total. The van der Waals surface area contributed by atoms with Crippen molar-refractivity contribution in [3.63, 3.8) is 0 Å². The molecule has 4 atom stereocenters. The second kappa shape index (κ2) is 4.51. The van der Waals surface area contributed by atoms with Crippen LogP contribution in [0.15, 0.2) is 24.3 Å². The van der Waals surface area contributed by atoms with Gasteiger partial charge in [0.15, 0.2) is 5.78 Å². The number of ketones is 1. The van der Waals surface area contributed by atoms with Crippen molar-refractivity contribution in [2.75, 3.05) is 0 Å². The van der Waals surface area contributed by atoms with E-state index in [1.54, 1.807) is 0 Å². The average Bonchev–Trinajstić information content (AvgIpc) is 2.32. The predicted octanol–water partition coefficient (Wildman–Crippen LogP) is 3.98. The lowest BCUT2D eigenvalue weighted by Crippen LogP contribution is -2.41. The first-order chi connectivity index (χ1) is 8.16. The third-order valence-corrected chi connectivity index (χ3v) is 6.80. The van der Waals surface area contributed by atoms with E-state index in [1.165, 1.54) is 5.56 Å². The van der Waals surface area contributed by atoms with Crippen molar-refractivity contribution in [2.24, 2.45) is 11.8 Å². The zero-order valence-corrected chi connectivity index (χ0v) is 12.6. The van der Waals surface area contributed by atoms with Gasteiger partial charge in [0.25, 0.3) is 0 Å². The molecular formula is C14H14Br2O. The highest BCUT2D eigenvalue weighted by molar-refractivity contribution is 9.12. The minimum Gasteiger partial charge on any atom is -0.294 e. The van der Waals surface area contributed by atoms with E-state index in [2.05, 4.69) is 37.9 Å². The summed E-state index contributed by atoms with van der Waals surface area (Å²) in [7, 11) is 0. The summed E-state index contributed by atoms with van der Waals surface area (Å²) >= 11 is 7.40. The number of carbonyl (C=O) groups is 1. The Labute approximate surface area is 118 Å². The maximum atomic E-state index is 12.5. The minimum atomic E-state index is 0.225. The van der Waals surface area contributed by atoms with Crippen molar-refractivity contribution in [1.82, 2.24) is 0 Å². The molecule has 0 heterocycles. The second-order valence-corrected chi connectivity index (χ2v) is 7.45. The molecule has 0 unspecified atom stereocenters. The van der Waals surface area contributed by atoms with Crippen LogP contribution in [0.5, 0.6) is 0 Å². The Morgan fingerprint density at radius 3 is 2.59 bits per heavy atom. The van der Waals surface area contributed by atoms with Gasteiger partial charge in [0.05, 0.1) is 0 Å². The third kappa shape index (κ3) is 2.01. The number of hydrogen-bond donors (Lipinski definition) is 0. The third-order valence-electron chi connectivity index (χ3n) is 4.07. The van der Waals surface area contributed by atoms with Crippen LogP contribution in [0.3, 0.4) is 0 Å². The van der Waals surface area contributed by atoms with Crippen LogP contribution in [0.1, 0.15) is 28.8 Å². The normalized spacial score (nSPS) is 36.2. The molecule has 0 N–H and O–H groups in total. The van der Waals surface area contributed by atoms with Crippen LogP contribution in [-0.2, 0) is 6.42 Å². The van der Waals surface area contributed by atoms with Crippen molar-refractivity contribution in [1.29, 1.82) is 0 Å². The maximum absolute atomic E-state index is 12.5. The number of hydrogen-bond acceptors (Lipinski definition) is 1. The number of fused-ring (bicyclic) bond motifs is 2.